The molecule has 0 aliphatic heterocycles. The van der Waals surface area contributed by atoms with Crippen LogP contribution in [0, 0.1) is 0 Å². The van der Waals surface area contributed by atoms with Crippen molar-refractivity contribution in [3.05, 3.63) is 0 Å². The molecule has 74 valence electrons. The van der Waals surface area contributed by atoms with Crippen LogP contribution in [0.5, 0.6) is 0 Å². The molecule has 2 heteroatoms. The van der Waals surface area contributed by atoms with Crippen LogP contribution in [0.25, 0.3) is 0 Å². The van der Waals surface area contributed by atoms with Gasteiger partial charge in [0.05, 0.1) is 6.10 Å². The van der Waals surface area contributed by atoms with Crippen LogP contribution in [0.15, 0.2) is 0 Å². The SMILES string of the molecule is CCCC(CCC)OC([SiH3])CC. The Bertz CT molecular complexity index is 89.8. The summed E-state index contributed by atoms with van der Waals surface area (Å²) in [4.78, 5) is 0. The van der Waals surface area contributed by atoms with E-state index in [1.807, 2.05) is 0 Å². The van der Waals surface area contributed by atoms with Gasteiger partial charge in [-0.15, -0.1) is 0 Å². The molecule has 0 saturated carbocycles. The highest BCUT2D eigenvalue weighted by molar-refractivity contribution is 6.10. The lowest BCUT2D eigenvalue weighted by atomic mass is 10.1. The zero-order chi connectivity index (χ0) is 9.40. The van der Waals surface area contributed by atoms with E-state index in [1.54, 1.807) is 0 Å². The Hall–Kier alpha value is 0.177. The van der Waals surface area contributed by atoms with E-state index >= 15 is 0 Å². The molecular weight excluding hydrogens is 164 g/mol. The van der Waals surface area contributed by atoms with Gasteiger partial charge in [0.2, 0.25) is 0 Å². The van der Waals surface area contributed by atoms with Crippen molar-refractivity contribution in [1.29, 1.82) is 0 Å². The fourth-order valence-corrected chi connectivity index (χ4v) is 1.73. The second-order valence-corrected chi connectivity index (χ2v) is 4.84. The minimum atomic E-state index is 0.544. The van der Waals surface area contributed by atoms with Crippen LogP contribution in [0.1, 0.15) is 52.9 Å². The summed E-state index contributed by atoms with van der Waals surface area (Å²) in [6.07, 6.45) is 6.73. The van der Waals surface area contributed by atoms with Crippen LogP contribution in [-0.4, -0.2) is 22.1 Å². The zero-order valence-corrected chi connectivity index (χ0v) is 11.1. The molecule has 0 aliphatic rings. The van der Waals surface area contributed by atoms with E-state index in [0.29, 0.717) is 11.8 Å². The minimum Gasteiger partial charge on any atom is -0.379 e. The first-order chi connectivity index (χ1) is 5.74. The lowest BCUT2D eigenvalue weighted by molar-refractivity contribution is 0.0180. The molecule has 0 saturated heterocycles. The van der Waals surface area contributed by atoms with Crippen LogP contribution in [0.4, 0.5) is 0 Å². The second kappa shape index (κ2) is 7.81. The van der Waals surface area contributed by atoms with E-state index in [2.05, 4.69) is 20.8 Å². The van der Waals surface area contributed by atoms with Crippen molar-refractivity contribution in [3.8, 4) is 0 Å². The third-order valence-corrected chi connectivity index (χ3v) is 3.31. The van der Waals surface area contributed by atoms with E-state index in [1.165, 1.54) is 42.3 Å². The van der Waals surface area contributed by atoms with Gasteiger partial charge in [0.1, 0.15) is 0 Å². The Labute approximate surface area is 80.3 Å². The largest absolute Gasteiger partial charge is 0.379 e. The lowest BCUT2D eigenvalue weighted by Crippen LogP contribution is -2.21. The van der Waals surface area contributed by atoms with Gasteiger partial charge < -0.3 is 4.74 Å². The molecule has 0 N–H and O–H groups in total. The summed E-state index contributed by atoms with van der Waals surface area (Å²) < 4.78 is 5.94. The van der Waals surface area contributed by atoms with Gasteiger partial charge >= 0.3 is 0 Å². The van der Waals surface area contributed by atoms with Gasteiger partial charge in [-0.1, -0.05) is 33.6 Å². The molecule has 1 nitrogen and oxygen atoms in total. The smallest absolute Gasteiger partial charge is 0.0574 e. The quantitative estimate of drug-likeness (QED) is 0.556. The predicted octanol–water partition coefficient (Wildman–Crippen LogP) is 2.07. The van der Waals surface area contributed by atoms with Gasteiger partial charge in [-0.25, -0.2) is 0 Å². The Balaban J connectivity index is 3.61. The molecule has 0 aromatic rings. The van der Waals surface area contributed by atoms with Crippen LogP contribution < -0.4 is 0 Å². The third-order valence-electron chi connectivity index (χ3n) is 2.22. The first-order valence-corrected chi connectivity index (χ1v) is 6.55. The average molecular weight is 188 g/mol. The van der Waals surface area contributed by atoms with Crippen molar-refractivity contribution in [2.45, 2.75) is 64.7 Å². The third kappa shape index (κ3) is 5.78. The maximum absolute atomic E-state index is 5.94. The van der Waals surface area contributed by atoms with Gasteiger partial charge in [-0.3, -0.25) is 0 Å². The van der Waals surface area contributed by atoms with Gasteiger partial charge in [-0.2, -0.15) is 0 Å². The van der Waals surface area contributed by atoms with E-state index < -0.39 is 0 Å². The summed E-state index contributed by atoms with van der Waals surface area (Å²) >= 11 is 0. The maximum Gasteiger partial charge on any atom is 0.0574 e. The van der Waals surface area contributed by atoms with Crippen molar-refractivity contribution in [2.24, 2.45) is 0 Å². The van der Waals surface area contributed by atoms with Gasteiger partial charge in [0.15, 0.2) is 0 Å². The Kier molecular flexibility index (Phi) is 7.92. The van der Waals surface area contributed by atoms with E-state index in [-0.39, 0.29) is 0 Å². The fourth-order valence-electron chi connectivity index (χ4n) is 1.35. The molecule has 0 radical (unpaired) electrons. The van der Waals surface area contributed by atoms with Crippen molar-refractivity contribution >= 4 is 10.2 Å². The Morgan fingerprint density at radius 2 is 1.58 bits per heavy atom. The number of hydrogen-bond acceptors (Lipinski definition) is 1. The Morgan fingerprint density at radius 1 is 1.08 bits per heavy atom. The zero-order valence-electron chi connectivity index (χ0n) is 9.10. The van der Waals surface area contributed by atoms with Crippen LogP contribution in [-0.2, 0) is 4.74 Å². The minimum absolute atomic E-state index is 0.544. The first-order valence-electron chi connectivity index (χ1n) is 5.39. The first kappa shape index (κ1) is 12.2. The summed E-state index contributed by atoms with van der Waals surface area (Å²) in [7, 11) is 1.18. The highest BCUT2D eigenvalue weighted by Gasteiger charge is 2.09. The number of rotatable bonds is 7. The monoisotopic (exact) mass is 188 g/mol. The molecule has 0 spiro atoms. The van der Waals surface area contributed by atoms with E-state index in [0.717, 1.165) is 0 Å². The van der Waals surface area contributed by atoms with Crippen molar-refractivity contribution in [3.63, 3.8) is 0 Å². The van der Waals surface area contributed by atoms with Crippen LogP contribution in [0.3, 0.4) is 0 Å². The second-order valence-electron chi connectivity index (χ2n) is 3.55. The van der Waals surface area contributed by atoms with E-state index in [4.69, 9.17) is 4.74 Å². The standard InChI is InChI=1S/C10H24OSi/c1-4-7-9(8-5-2)11-10(12)6-3/h9-10H,4-8H2,1-3,12H3. The summed E-state index contributed by atoms with van der Waals surface area (Å²) in [5.74, 6) is 0. The fraction of sp³-hybridized carbons (Fsp3) is 1.00. The number of ether oxygens (including phenoxy) is 1. The molecule has 0 aliphatic carbocycles. The molecule has 1 atom stereocenters. The summed E-state index contributed by atoms with van der Waals surface area (Å²) in [5, 5.41) is 0. The van der Waals surface area contributed by atoms with Crippen molar-refractivity contribution < 1.29 is 4.74 Å². The number of hydrogen-bond donors (Lipinski definition) is 0. The van der Waals surface area contributed by atoms with Gasteiger partial charge in [-0.05, 0) is 19.3 Å². The maximum atomic E-state index is 5.94. The molecule has 1 unspecified atom stereocenters. The van der Waals surface area contributed by atoms with Gasteiger partial charge in [0, 0.05) is 16.0 Å². The molecule has 0 aromatic carbocycles. The average Bonchev–Trinajstić information content (AvgIpc) is 2.05. The van der Waals surface area contributed by atoms with Gasteiger partial charge in [0.25, 0.3) is 0 Å². The molecule has 0 fully saturated rings. The Morgan fingerprint density at radius 3 is 1.92 bits per heavy atom. The van der Waals surface area contributed by atoms with Crippen molar-refractivity contribution in [1.82, 2.24) is 0 Å². The summed E-state index contributed by atoms with van der Waals surface area (Å²) in [6, 6.07) is 0. The highest BCUT2D eigenvalue weighted by atomic mass is 28.1. The molecule has 0 heterocycles. The highest BCUT2D eigenvalue weighted by Crippen LogP contribution is 2.11. The predicted molar refractivity (Wildman–Crippen MR) is 58.7 cm³/mol. The van der Waals surface area contributed by atoms with Crippen LogP contribution in [0.2, 0.25) is 0 Å². The summed E-state index contributed by atoms with van der Waals surface area (Å²) in [5.41, 5.74) is 0.577. The molecule has 12 heavy (non-hydrogen) atoms. The molecule has 0 bridgehead atoms. The molecule has 0 rings (SSSR count). The molecule has 0 amide bonds. The molecular formula is C10H24OSi. The normalized spacial score (nSPS) is 14.0. The topological polar surface area (TPSA) is 9.23 Å². The molecule has 0 aromatic heterocycles. The summed E-state index contributed by atoms with van der Waals surface area (Å²) in [6.45, 7) is 6.69. The van der Waals surface area contributed by atoms with Crippen molar-refractivity contribution in [2.75, 3.05) is 0 Å². The van der Waals surface area contributed by atoms with Crippen LogP contribution >= 0.6 is 0 Å². The van der Waals surface area contributed by atoms with E-state index in [9.17, 15) is 0 Å². The lowest BCUT2D eigenvalue weighted by Gasteiger charge is -2.20.